The van der Waals surface area contributed by atoms with Crippen molar-refractivity contribution in [3.8, 4) is 5.75 Å². The van der Waals surface area contributed by atoms with Gasteiger partial charge in [-0.05, 0) is 54.3 Å². The molecule has 2 saturated heterocycles. The zero-order valence-electron chi connectivity index (χ0n) is 27.9. The first-order chi connectivity index (χ1) is 23.2. The van der Waals surface area contributed by atoms with E-state index in [1.54, 1.807) is 7.11 Å². The van der Waals surface area contributed by atoms with Crippen LogP contribution >= 0.6 is 0 Å². The van der Waals surface area contributed by atoms with Gasteiger partial charge in [0.05, 0.1) is 39.5 Å². The van der Waals surface area contributed by atoms with E-state index in [1.807, 2.05) is 76.4 Å². The molecular weight excluding hydrogens is 623 g/mol. The Morgan fingerprint density at radius 1 is 1.10 bits per heavy atom. The van der Waals surface area contributed by atoms with Crippen LogP contribution in [0, 0.1) is 5.92 Å². The summed E-state index contributed by atoms with van der Waals surface area (Å²) in [5.74, 6) is 0.335. The molecule has 1 unspecified atom stereocenters. The van der Waals surface area contributed by atoms with Crippen LogP contribution in [0.1, 0.15) is 48.9 Å². The van der Waals surface area contributed by atoms with Crippen LogP contribution in [0.25, 0.3) is 0 Å². The number of anilines is 2. The van der Waals surface area contributed by atoms with Crippen molar-refractivity contribution in [3.63, 3.8) is 0 Å². The summed E-state index contributed by atoms with van der Waals surface area (Å²) in [6, 6.07) is 24.0. The number of benzene rings is 3. The van der Waals surface area contributed by atoms with E-state index in [0.717, 1.165) is 34.7 Å². The summed E-state index contributed by atoms with van der Waals surface area (Å²) in [4.78, 5) is 28.7. The van der Waals surface area contributed by atoms with Gasteiger partial charge in [0.1, 0.15) is 5.75 Å². The third-order valence-electron chi connectivity index (χ3n) is 10.9. The van der Waals surface area contributed by atoms with Crippen LogP contribution in [0.2, 0.25) is 18.6 Å². The van der Waals surface area contributed by atoms with Gasteiger partial charge in [-0.2, -0.15) is 0 Å². The molecule has 2 amide bonds. The van der Waals surface area contributed by atoms with Gasteiger partial charge in [-0.25, -0.2) is 0 Å². The molecule has 0 bridgehead atoms. The lowest BCUT2D eigenvalue weighted by Crippen LogP contribution is -2.51. The van der Waals surface area contributed by atoms with Gasteiger partial charge in [-0.15, -0.1) is 5.10 Å². The summed E-state index contributed by atoms with van der Waals surface area (Å²) in [6.07, 6.45) is 3.62. The standard InChI is InChI=1S/C37H43N5O5Si/c1-24-35(48(3,4)28-15-13-27(46-2)14-16-28)33(18-20-41-22-32(39-40-41)29(23-43)25-9-6-5-7-10-25)47-37(24)30-21-26(42-19-8-11-34(42)44)12-17-31(30)38-36(37)45/h5-7,9-10,12-17,21-22,24,29,33,35,43H,8,11,18-20,23H2,1-4H3,(H,38,45)/t24-,29?,33+,35-,37+/m1/s1. The van der Waals surface area contributed by atoms with E-state index < -0.39 is 13.7 Å². The number of nitrogens with zero attached hydrogens (tertiary/aromatic N) is 4. The minimum absolute atomic E-state index is 0.0668. The molecular formula is C37H43N5O5Si. The van der Waals surface area contributed by atoms with E-state index in [0.29, 0.717) is 31.6 Å². The second-order valence-corrected chi connectivity index (χ2v) is 18.5. The number of aliphatic hydroxyl groups excluding tert-OH is 1. The van der Waals surface area contributed by atoms with Gasteiger partial charge in [0.25, 0.3) is 5.91 Å². The predicted molar refractivity (Wildman–Crippen MR) is 186 cm³/mol. The molecule has 7 rings (SSSR count). The minimum Gasteiger partial charge on any atom is -0.497 e. The first kappa shape index (κ1) is 32.2. The van der Waals surface area contributed by atoms with Gasteiger partial charge in [-0.1, -0.05) is 72.9 Å². The van der Waals surface area contributed by atoms with Crippen molar-refractivity contribution in [2.24, 2.45) is 5.92 Å². The Kier molecular flexibility index (Phi) is 8.47. The molecule has 0 saturated carbocycles. The number of amides is 2. The van der Waals surface area contributed by atoms with E-state index in [9.17, 15) is 14.7 Å². The third kappa shape index (κ3) is 5.34. The largest absolute Gasteiger partial charge is 0.497 e. The Morgan fingerprint density at radius 3 is 2.56 bits per heavy atom. The van der Waals surface area contributed by atoms with Crippen molar-refractivity contribution in [2.45, 2.75) is 69.0 Å². The van der Waals surface area contributed by atoms with E-state index in [4.69, 9.17) is 9.47 Å². The third-order valence-corrected chi connectivity index (χ3v) is 15.3. The summed E-state index contributed by atoms with van der Waals surface area (Å²) >= 11 is 0. The second kappa shape index (κ2) is 12.6. The van der Waals surface area contributed by atoms with Crippen LogP contribution in [-0.2, 0) is 26.5 Å². The molecule has 4 aromatic rings. The fraction of sp³-hybridized carbons (Fsp3) is 0.405. The summed E-state index contributed by atoms with van der Waals surface area (Å²) < 4.78 is 14.4. The van der Waals surface area contributed by atoms with Gasteiger partial charge in [-0.3, -0.25) is 14.3 Å². The van der Waals surface area contributed by atoms with Crippen molar-refractivity contribution in [2.75, 3.05) is 30.5 Å². The maximum absolute atomic E-state index is 14.2. The number of aryl methyl sites for hydroxylation is 1. The summed E-state index contributed by atoms with van der Waals surface area (Å²) in [5.41, 5.74) is 2.92. The van der Waals surface area contributed by atoms with Gasteiger partial charge >= 0.3 is 0 Å². The maximum Gasteiger partial charge on any atom is 0.261 e. The molecule has 0 aliphatic carbocycles. The molecule has 4 heterocycles. The molecule has 3 aromatic carbocycles. The van der Waals surface area contributed by atoms with Crippen molar-refractivity contribution in [3.05, 3.63) is 95.8 Å². The number of ether oxygens (including phenoxy) is 2. The van der Waals surface area contributed by atoms with Crippen molar-refractivity contribution in [1.82, 2.24) is 15.0 Å². The van der Waals surface area contributed by atoms with E-state index in [2.05, 4.69) is 47.8 Å². The second-order valence-electron chi connectivity index (χ2n) is 13.8. The molecule has 3 aliphatic heterocycles. The average Bonchev–Trinajstić information content (AvgIpc) is 3.87. The van der Waals surface area contributed by atoms with Gasteiger partial charge in [0, 0.05) is 48.6 Å². The summed E-state index contributed by atoms with van der Waals surface area (Å²) in [7, 11) is -0.638. The minimum atomic E-state index is -2.31. The van der Waals surface area contributed by atoms with E-state index in [1.165, 1.54) is 5.19 Å². The quantitative estimate of drug-likeness (QED) is 0.234. The number of aromatic nitrogens is 3. The highest BCUT2D eigenvalue weighted by Gasteiger charge is 2.64. The molecule has 3 aliphatic rings. The Labute approximate surface area is 282 Å². The molecule has 5 atom stereocenters. The van der Waals surface area contributed by atoms with Crippen molar-refractivity contribution in [1.29, 1.82) is 0 Å². The first-order valence-electron chi connectivity index (χ1n) is 16.8. The molecule has 1 aromatic heterocycles. The number of fused-ring (bicyclic) bond motifs is 2. The smallest absolute Gasteiger partial charge is 0.261 e. The Balaban J connectivity index is 1.23. The molecule has 0 radical (unpaired) electrons. The number of rotatable bonds is 10. The lowest BCUT2D eigenvalue weighted by molar-refractivity contribution is -0.143. The lowest BCUT2D eigenvalue weighted by Gasteiger charge is -2.37. The Hall–Kier alpha value is -4.32. The fourth-order valence-corrected chi connectivity index (χ4v) is 12.4. The molecule has 10 nitrogen and oxygen atoms in total. The van der Waals surface area contributed by atoms with Crippen LogP contribution in [0.15, 0.2) is 79.0 Å². The van der Waals surface area contributed by atoms with Crippen LogP contribution in [0.3, 0.4) is 0 Å². The average molecular weight is 666 g/mol. The normalized spacial score (nSPS) is 24.3. The number of hydrogen-bond donors (Lipinski definition) is 2. The SMILES string of the molecule is COc1ccc([Si](C)(C)[C@H]2[C@H](CCn3cc(C(CO)c4ccccc4)nn3)O[C@@]3(C(=O)Nc4ccc(N5CCCC5=O)cc43)[C@@H]2C)cc1. The number of aliphatic hydroxyl groups is 1. The summed E-state index contributed by atoms with van der Waals surface area (Å²) in [6.45, 7) is 8.01. The molecule has 250 valence electrons. The van der Waals surface area contributed by atoms with Gasteiger partial charge in [0.2, 0.25) is 5.91 Å². The van der Waals surface area contributed by atoms with Crippen molar-refractivity contribution < 1.29 is 24.2 Å². The number of methoxy groups -OCH3 is 1. The highest BCUT2D eigenvalue weighted by atomic mass is 28.3. The van der Waals surface area contributed by atoms with Gasteiger partial charge < -0.3 is 24.8 Å². The number of hydrogen-bond acceptors (Lipinski definition) is 7. The van der Waals surface area contributed by atoms with Crippen LogP contribution in [-0.4, -0.2) is 66.4 Å². The maximum atomic E-state index is 14.2. The number of nitrogens with one attached hydrogen (secondary N) is 1. The van der Waals surface area contributed by atoms with E-state index in [-0.39, 0.29) is 41.9 Å². The molecule has 2 N–H and O–H groups in total. The molecule has 48 heavy (non-hydrogen) atoms. The molecule has 11 heteroatoms. The zero-order chi connectivity index (χ0) is 33.6. The highest BCUT2D eigenvalue weighted by molar-refractivity contribution is 6.91. The fourth-order valence-electron chi connectivity index (χ4n) is 8.38. The molecule has 2 fully saturated rings. The highest BCUT2D eigenvalue weighted by Crippen LogP contribution is 2.59. The first-order valence-corrected chi connectivity index (χ1v) is 19.9. The number of carbonyl (C=O) groups excluding carboxylic acids is 2. The van der Waals surface area contributed by atoms with E-state index >= 15 is 0 Å². The number of carbonyl (C=O) groups is 2. The summed E-state index contributed by atoms with van der Waals surface area (Å²) in [5, 5.41) is 23.5. The topological polar surface area (TPSA) is 119 Å². The predicted octanol–water partition coefficient (Wildman–Crippen LogP) is 4.80. The van der Waals surface area contributed by atoms with Gasteiger partial charge in [0.15, 0.2) is 5.60 Å². The zero-order valence-corrected chi connectivity index (χ0v) is 28.9. The van der Waals surface area contributed by atoms with Crippen LogP contribution < -0.4 is 20.1 Å². The Bertz CT molecular complexity index is 1810. The lowest BCUT2D eigenvalue weighted by atomic mass is 9.82. The Morgan fingerprint density at radius 2 is 1.88 bits per heavy atom. The van der Waals surface area contributed by atoms with Crippen LogP contribution in [0.5, 0.6) is 5.75 Å². The molecule has 1 spiro atoms. The van der Waals surface area contributed by atoms with Crippen molar-refractivity contribution >= 4 is 36.4 Å². The van der Waals surface area contributed by atoms with Crippen LogP contribution in [0.4, 0.5) is 11.4 Å². The monoisotopic (exact) mass is 665 g/mol.